The Labute approximate surface area is 158 Å². The monoisotopic (exact) mass is 366 g/mol. The van der Waals surface area contributed by atoms with Crippen LogP contribution in [0.25, 0.3) is 0 Å². The second kappa shape index (κ2) is 9.97. The number of nitrogens with one attached hydrogen (secondary N) is 1. The van der Waals surface area contributed by atoms with Gasteiger partial charge in [0.1, 0.15) is 11.8 Å². The van der Waals surface area contributed by atoms with Crippen LogP contribution in [0.1, 0.15) is 31.4 Å². The molecule has 140 valence electrons. The largest absolute Gasteiger partial charge is 0.494 e. The first kappa shape index (κ1) is 20.0. The highest BCUT2D eigenvalue weighted by molar-refractivity contribution is 5.96. The smallest absolute Gasteiger partial charge is 0.306 e. The molecule has 0 fully saturated rings. The molecule has 0 aliphatic heterocycles. The number of ether oxygens (including phenoxy) is 2. The Kier molecular flexibility index (Phi) is 7.38. The Hall–Kier alpha value is -3.33. The van der Waals surface area contributed by atoms with Crippen LogP contribution in [0.15, 0.2) is 48.5 Å². The molecule has 1 amide bonds. The Balaban J connectivity index is 1.88. The van der Waals surface area contributed by atoms with Gasteiger partial charge in [-0.2, -0.15) is 5.26 Å². The van der Waals surface area contributed by atoms with E-state index in [2.05, 4.69) is 5.32 Å². The molecule has 1 atom stereocenters. The van der Waals surface area contributed by atoms with Crippen molar-refractivity contribution in [3.05, 3.63) is 59.7 Å². The fourth-order valence-corrected chi connectivity index (χ4v) is 2.48. The highest BCUT2D eigenvalue weighted by atomic mass is 16.5. The fraction of sp³-hybridized carbons (Fsp3) is 0.286. The quantitative estimate of drug-likeness (QED) is 0.723. The molecule has 0 aliphatic carbocycles. The lowest BCUT2D eigenvalue weighted by atomic mass is 10.1. The number of carbonyl (C=O) groups is 2. The first-order valence-electron chi connectivity index (χ1n) is 8.75. The molecule has 0 aromatic heterocycles. The number of rotatable bonds is 8. The summed E-state index contributed by atoms with van der Waals surface area (Å²) >= 11 is 0. The molecule has 0 saturated heterocycles. The average Bonchev–Trinajstić information content (AvgIpc) is 2.68. The molecule has 6 heteroatoms. The molecule has 27 heavy (non-hydrogen) atoms. The summed E-state index contributed by atoms with van der Waals surface area (Å²) in [7, 11) is 0. The Morgan fingerprint density at radius 3 is 2.59 bits per heavy atom. The molecule has 0 radical (unpaired) electrons. The summed E-state index contributed by atoms with van der Waals surface area (Å²) < 4.78 is 10.7. The van der Waals surface area contributed by atoms with E-state index >= 15 is 0 Å². The van der Waals surface area contributed by atoms with Crippen molar-refractivity contribution in [3.63, 3.8) is 0 Å². The SMILES string of the molecule is CCOc1ccccc1CCC(=O)O[C@H](C)C(=O)Nc1ccccc1C#N. The van der Waals surface area contributed by atoms with Crippen LogP contribution in [0.2, 0.25) is 0 Å². The standard InChI is InChI=1S/C21H22N2O4/c1-3-26-19-11-7-5-8-16(19)12-13-20(24)27-15(2)21(25)23-18-10-6-4-9-17(18)14-22/h4-11,15H,3,12-13H2,1-2H3,(H,23,25)/t15-/m1/s1. The third-order valence-electron chi connectivity index (χ3n) is 3.85. The van der Waals surface area contributed by atoms with Gasteiger partial charge in [0.05, 0.1) is 17.9 Å². The summed E-state index contributed by atoms with van der Waals surface area (Å²) in [5.41, 5.74) is 1.65. The fourth-order valence-electron chi connectivity index (χ4n) is 2.48. The minimum Gasteiger partial charge on any atom is -0.494 e. The Bertz CT molecular complexity index is 842. The van der Waals surface area contributed by atoms with Crippen LogP contribution in [-0.4, -0.2) is 24.6 Å². The number of aryl methyl sites for hydroxylation is 1. The topological polar surface area (TPSA) is 88.4 Å². The van der Waals surface area contributed by atoms with Crippen molar-refractivity contribution >= 4 is 17.6 Å². The van der Waals surface area contributed by atoms with Crippen molar-refractivity contribution in [2.24, 2.45) is 0 Å². The number of nitrogens with zero attached hydrogens (tertiary/aromatic N) is 1. The number of para-hydroxylation sites is 2. The maximum Gasteiger partial charge on any atom is 0.306 e. The number of hydrogen-bond donors (Lipinski definition) is 1. The van der Waals surface area contributed by atoms with Crippen LogP contribution in [0.4, 0.5) is 5.69 Å². The van der Waals surface area contributed by atoms with Gasteiger partial charge in [-0.05, 0) is 44.0 Å². The lowest BCUT2D eigenvalue weighted by Crippen LogP contribution is -2.30. The van der Waals surface area contributed by atoms with Gasteiger partial charge < -0.3 is 14.8 Å². The zero-order chi connectivity index (χ0) is 19.6. The van der Waals surface area contributed by atoms with E-state index in [1.165, 1.54) is 6.92 Å². The molecular formula is C21H22N2O4. The number of amides is 1. The molecular weight excluding hydrogens is 344 g/mol. The second-order valence-corrected chi connectivity index (χ2v) is 5.82. The van der Waals surface area contributed by atoms with Gasteiger partial charge in [0.25, 0.3) is 5.91 Å². The summed E-state index contributed by atoms with van der Waals surface area (Å²) in [6, 6.07) is 16.1. The molecule has 2 aromatic rings. The highest BCUT2D eigenvalue weighted by Gasteiger charge is 2.19. The van der Waals surface area contributed by atoms with Crippen molar-refractivity contribution in [2.75, 3.05) is 11.9 Å². The maximum atomic E-state index is 12.2. The first-order chi connectivity index (χ1) is 13.0. The molecule has 2 aromatic carbocycles. The zero-order valence-corrected chi connectivity index (χ0v) is 15.4. The number of hydrogen-bond acceptors (Lipinski definition) is 5. The lowest BCUT2D eigenvalue weighted by Gasteiger charge is -2.14. The zero-order valence-electron chi connectivity index (χ0n) is 15.4. The third kappa shape index (κ3) is 5.86. The van der Waals surface area contributed by atoms with Crippen LogP contribution >= 0.6 is 0 Å². The van der Waals surface area contributed by atoms with Crippen LogP contribution in [0, 0.1) is 11.3 Å². The third-order valence-corrected chi connectivity index (χ3v) is 3.85. The van der Waals surface area contributed by atoms with Crippen molar-refractivity contribution in [3.8, 4) is 11.8 Å². The van der Waals surface area contributed by atoms with Gasteiger partial charge >= 0.3 is 5.97 Å². The van der Waals surface area contributed by atoms with E-state index in [0.29, 0.717) is 24.3 Å². The molecule has 0 unspecified atom stereocenters. The molecule has 2 rings (SSSR count). The van der Waals surface area contributed by atoms with Crippen LogP contribution in [-0.2, 0) is 20.7 Å². The van der Waals surface area contributed by atoms with E-state index in [-0.39, 0.29) is 6.42 Å². The molecule has 0 saturated carbocycles. The average molecular weight is 366 g/mol. The normalized spacial score (nSPS) is 11.1. The van der Waals surface area contributed by atoms with Crippen molar-refractivity contribution in [1.29, 1.82) is 5.26 Å². The predicted molar refractivity (Wildman–Crippen MR) is 101 cm³/mol. The second-order valence-electron chi connectivity index (χ2n) is 5.82. The number of nitriles is 1. The van der Waals surface area contributed by atoms with E-state index in [4.69, 9.17) is 14.7 Å². The number of esters is 1. The van der Waals surface area contributed by atoms with E-state index in [0.717, 1.165) is 11.3 Å². The van der Waals surface area contributed by atoms with E-state index in [1.807, 2.05) is 37.3 Å². The first-order valence-corrected chi connectivity index (χ1v) is 8.75. The molecule has 0 spiro atoms. The summed E-state index contributed by atoms with van der Waals surface area (Å²) in [5.74, 6) is -0.218. The Morgan fingerprint density at radius 1 is 1.15 bits per heavy atom. The molecule has 0 aliphatic rings. The van der Waals surface area contributed by atoms with Crippen LogP contribution in [0.3, 0.4) is 0 Å². The molecule has 1 N–H and O–H groups in total. The van der Waals surface area contributed by atoms with E-state index < -0.39 is 18.0 Å². The van der Waals surface area contributed by atoms with Gasteiger partial charge in [-0.1, -0.05) is 30.3 Å². The summed E-state index contributed by atoms with van der Waals surface area (Å²) in [5, 5.41) is 11.7. The van der Waals surface area contributed by atoms with Gasteiger partial charge in [0.2, 0.25) is 0 Å². The van der Waals surface area contributed by atoms with Crippen molar-refractivity contribution in [1.82, 2.24) is 0 Å². The van der Waals surface area contributed by atoms with Crippen LogP contribution < -0.4 is 10.1 Å². The van der Waals surface area contributed by atoms with Gasteiger partial charge in [0.15, 0.2) is 6.10 Å². The highest BCUT2D eigenvalue weighted by Crippen LogP contribution is 2.20. The molecule has 0 bridgehead atoms. The van der Waals surface area contributed by atoms with Gasteiger partial charge in [-0.15, -0.1) is 0 Å². The minimum atomic E-state index is -0.966. The summed E-state index contributed by atoms with van der Waals surface area (Å²) in [6.45, 7) is 3.94. The maximum absolute atomic E-state index is 12.2. The predicted octanol–water partition coefficient (Wildman–Crippen LogP) is 3.46. The van der Waals surface area contributed by atoms with Gasteiger partial charge in [-0.3, -0.25) is 9.59 Å². The molecule has 6 nitrogen and oxygen atoms in total. The van der Waals surface area contributed by atoms with Crippen LogP contribution in [0.5, 0.6) is 5.75 Å². The number of anilines is 1. The summed E-state index contributed by atoms with van der Waals surface area (Å²) in [6.07, 6.45) is -0.372. The van der Waals surface area contributed by atoms with Gasteiger partial charge in [0, 0.05) is 6.42 Å². The number of benzene rings is 2. The lowest BCUT2D eigenvalue weighted by molar-refractivity contribution is -0.153. The number of carbonyl (C=O) groups excluding carboxylic acids is 2. The van der Waals surface area contributed by atoms with Crippen molar-refractivity contribution in [2.45, 2.75) is 32.8 Å². The Morgan fingerprint density at radius 2 is 1.85 bits per heavy atom. The summed E-state index contributed by atoms with van der Waals surface area (Å²) in [4.78, 5) is 24.3. The van der Waals surface area contributed by atoms with Crippen molar-refractivity contribution < 1.29 is 19.1 Å². The van der Waals surface area contributed by atoms with Gasteiger partial charge in [-0.25, -0.2) is 0 Å². The van der Waals surface area contributed by atoms with E-state index in [9.17, 15) is 9.59 Å². The minimum absolute atomic E-state index is 0.135. The molecule has 0 heterocycles. The van der Waals surface area contributed by atoms with E-state index in [1.54, 1.807) is 24.3 Å².